The van der Waals surface area contributed by atoms with Crippen molar-refractivity contribution in [2.24, 2.45) is 0 Å². The van der Waals surface area contributed by atoms with E-state index in [0.29, 0.717) is 11.9 Å². The Labute approximate surface area is 161 Å². The number of rotatable bonds is 10. The highest BCUT2D eigenvalue weighted by molar-refractivity contribution is 7.85. The van der Waals surface area contributed by atoms with Crippen molar-refractivity contribution >= 4 is 29.9 Å². The monoisotopic (exact) mass is 422 g/mol. The van der Waals surface area contributed by atoms with Crippen LogP contribution in [0.25, 0.3) is 0 Å². The van der Waals surface area contributed by atoms with Gasteiger partial charge in [-0.25, -0.2) is 0 Å². The van der Waals surface area contributed by atoms with Crippen LogP contribution >= 0.6 is 0 Å². The van der Waals surface area contributed by atoms with Crippen molar-refractivity contribution in [3.05, 3.63) is 35.4 Å². The molecule has 0 aliphatic heterocycles. The third kappa shape index (κ3) is 9.74. The number of esters is 2. The number of carbonyl (C=O) groups excluding carboxylic acids is 2. The van der Waals surface area contributed by atoms with Crippen LogP contribution in [-0.2, 0) is 42.1 Å². The summed E-state index contributed by atoms with van der Waals surface area (Å²) in [6.07, 6.45) is -8.80. The predicted molar refractivity (Wildman–Crippen MR) is 91.9 cm³/mol. The van der Waals surface area contributed by atoms with Crippen molar-refractivity contribution in [3.8, 4) is 0 Å². The Morgan fingerprint density at radius 2 is 1.75 bits per heavy atom. The Kier molecular flexibility index (Phi) is 8.96. The Bertz CT molecular complexity index is 781. The Morgan fingerprint density at radius 1 is 1.14 bits per heavy atom. The smallest absolute Gasteiger partial charge is 0.426 e. The molecule has 1 N–H and O–H groups in total. The van der Waals surface area contributed by atoms with E-state index in [9.17, 15) is 31.2 Å². The molecule has 0 saturated carbocycles. The lowest BCUT2D eigenvalue weighted by Crippen LogP contribution is -2.39. The third-order valence-corrected chi connectivity index (χ3v) is 4.11. The molecule has 0 bridgehead atoms. The highest BCUT2D eigenvalue weighted by atomic mass is 32.2. The number of halogens is 3. The number of hydrogen-bond donors (Lipinski definition) is 1. The van der Waals surface area contributed by atoms with Crippen LogP contribution < -0.4 is 0 Å². The number of carbonyl (C=O) groups is 2. The SMILES string of the molecule is [B]Cc1cccc(COC(=O)CCCC(=O)OC(CS(=O)(=O)O)C(F)(F)F)c1. The van der Waals surface area contributed by atoms with Gasteiger partial charge in [-0.3, -0.25) is 14.1 Å². The lowest BCUT2D eigenvalue weighted by atomic mass is 9.96. The van der Waals surface area contributed by atoms with Gasteiger partial charge in [-0.1, -0.05) is 36.1 Å². The van der Waals surface area contributed by atoms with Crippen LogP contribution in [0.3, 0.4) is 0 Å². The minimum Gasteiger partial charge on any atom is -0.461 e. The summed E-state index contributed by atoms with van der Waals surface area (Å²) in [5.74, 6) is -3.82. The van der Waals surface area contributed by atoms with Crippen molar-refractivity contribution in [2.75, 3.05) is 5.75 Å². The molecule has 1 aromatic rings. The minimum absolute atomic E-state index is 0.0262. The molecule has 0 aliphatic carbocycles. The molecular formula is C16H18BF3O7S. The molecule has 0 amide bonds. The molecule has 154 valence electrons. The Hall–Kier alpha value is -2.08. The van der Waals surface area contributed by atoms with E-state index >= 15 is 0 Å². The minimum atomic E-state index is -5.16. The first-order valence-corrected chi connectivity index (χ1v) is 9.66. The van der Waals surface area contributed by atoms with Gasteiger partial charge in [0.15, 0.2) is 0 Å². The molecule has 1 unspecified atom stereocenters. The van der Waals surface area contributed by atoms with Crippen LogP contribution in [-0.4, -0.2) is 50.8 Å². The van der Waals surface area contributed by atoms with E-state index < -0.39 is 46.5 Å². The van der Waals surface area contributed by atoms with E-state index in [1.54, 1.807) is 24.3 Å². The van der Waals surface area contributed by atoms with Crippen molar-refractivity contribution < 1.29 is 45.2 Å². The molecular weight excluding hydrogens is 404 g/mol. The highest BCUT2D eigenvalue weighted by Gasteiger charge is 2.45. The molecule has 0 fully saturated rings. The molecule has 28 heavy (non-hydrogen) atoms. The maximum atomic E-state index is 12.6. The van der Waals surface area contributed by atoms with Gasteiger partial charge in [0.1, 0.15) is 12.4 Å². The quantitative estimate of drug-likeness (QED) is 0.349. The Balaban J connectivity index is 2.40. The zero-order valence-corrected chi connectivity index (χ0v) is 15.5. The van der Waals surface area contributed by atoms with E-state index in [1.165, 1.54) is 0 Å². The summed E-state index contributed by atoms with van der Waals surface area (Å²) in [6.45, 7) is -0.0262. The number of hydrogen-bond acceptors (Lipinski definition) is 6. The largest absolute Gasteiger partial charge is 0.461 e. The molecule has 7 nitrogen and oxygen atoms in total. The average molecular weight is 422 g/mol. The van der Waals surface area contributed by atoms with E-state index in [4.69, 9.17) is 17.1 Å². The summed E-state index contributed by atoms with van der Waals surface area (Å²) < 4.78 is 76.7. The zero-order valence-electron chi connectivity index (χ0n) is 14.6. The van der Waals surface area contributed by atoms with Crippen molar-refractivity contribution in [3.63, 3.8) is 0 Å². The van der Waals surface area contributed by atoms with Gasteiger partial charge in [-0.2, -0.15) is 21.6 Å². The maximum Gasteiger partial charge on any atom is 0.426 e. The van der Waals surface area contributed by atoms with Crippen molar-refractivity contribution in [1.82, 2.24) is 0 Å². The normalized spacial score (nSPS) is 13.0. The molecule has 0 aromatic heterocycles. The molecule has 2 radical (unpaired) electrons. The maximum absolute atomic E-state index is 12.6. The number of alkyl halides is 3. The lowest BCUT2D eigenvalue weighted by molar-refractivity contribution is -0.215. The van der Waals surface area contributed by atoms with Gasteiger partial charge >= 0.3 is 18.1 Å². The molecule has 1 rings (SSSR count). The topological polar surface area (TPSA) is 107 Å². The number of ether oxygens (including phenoxy) is 2. The fourth-order valence-corrected chi connectivity index (χ4v) is 2.70. The van der Waals surface area contributed by atoms with Gasteiger partial charge in [-0.15, -0.1) is 0 Å². The first kappa shape index (κ1) is 24.0. The van der Waals surface area contributed by atoms with Gasteiger partial charge in [0.05, 0.1) is 7.85 Å². The van der Waals surface area contributed by atoms with Gasteiger partial charge in [0, 0.05) is 12.8 Å². The van der Waals surface area contributed by atoms with Gasteiger partial charge in [0.2, 0.25) is 6.10 Å². The summed E-state index contributed by atoms with van der Waals surface area (Å²) >= 11 is 0. The van der Waals surface area contributed by atoms with Crippen LogP contribution in [0.15, 0.2) is 24.3 Å². The molecule has 12 heteroatoms. The second-order valence-electron chi connectivity index (χ2n) is 5.81. The third-order valence-electron chi connectivity index (χ3n) is 3.39. The zero-order chi connectivity index (χ0) is 21.4. The van der Waals surface area contributed by atoms with E-state index in [1.807, 2.05) is 0 Å². The molecule has 0 heterocycles. The van der Waals surface area contributed by atoms with Gasteiger partial charge < -0.3 is 9.47 Å². The fourth-order valence-electron chi connectivity index (χ4n) is 2.06. The van der Waals surface area contributed by atoms with Gasteiger partial charge in [-0.05, 0) is 12.0 Å². The van der Waals surface area contributed by atoms with Crippen LogP contribution in [0.2, 0.25) is 0 Å². The van der Waals surface area contributed by atoms with Crippen LogP contribution in [0, 0.1) is 0 Å². The van der Waals surface area contributed by atoms with E-state index in [2.05, 4.69) is 4.74 Å². The van der Waals surface area contributed by atoms with Crippen molar-refractivity contribution in [2.45, 2.75) is 44.5 Å². The molecule has 0 saturated heterocycles. The molecule has 1 atom stereocenters. The second-order valence-corrected chi connectivity index (χ2v) is 7.30. The molecule has 1 aromatic carbocycles. The second kappa shape index (κ2) is 10.5. The van der Waals surface area contributed by atoms with Crippen LogP contribution in [0.5, 0.6) is 0 Å². The summed E-state index contributed by atoms with van der Waals surface area (Å²) in [5, 5.41) is 0. The first-order valence-electron chi connectivity index (χ1n) is 8.05. The summed E-state index contributed by atoms with van der Waals surface area (Å²) in [5.41, 5.74) is 1.55. The summed E-state index contributed by atoms with van der Waals surface area (Å²) in [4.78, 5) is 23.1. The highest BCUT2D eigenvalue weighted by Crippen LogP contribution is 2.24. The standard InChI is InChI=1S/C16H18BF3O7S/c17-8-11-3-1-4-12(7-11)9-26-14(21)5-2-6-15(22)27-13(16(18,19)20)10-28(23,24)25/h1,3-4,7,13H,2,5-6,8-10H2,(H,23,24,25). The van der Waals surface area contributed by atoms with Gasteiger partial charge in [0.25, 0.3) is 10.1 Å². The predicted octanol–water partition coefficient (Wildman–Crippen LogP) is 1.93. The Morgan fingerprint density at radius 3 is 2.32 bits per heavy atom. The average Bonchev–Trinajstić information content (AvgIpc) is 2.57. The molecule has 0 spiro atoms. The van der Waals surface area contributed by atoms with Crippen LogP contribution in [0.1, 0.15) is 30.4 Å². The summed E-state index contributed by atoms with van der Waals surface area (Å²) in [7, 11) is 0.491. The lowest BCUT2D eigenvalue weighted by Gasteiger charge is -2.19. The molecule has 0 aliphatic rings. The first-order chi connectivity index (χ1) is 12.9. The summed E-state index contributed by atoms with van der Waals surface area (Å²) in [6, 6.07) is 7.01. The van der Waals surface area contributed by atoms with E-state index in [-0.39, 0.29) is 19.4 Å². The van der Waals surface area contributed by atoms with E-state index in [0.717, 1.165) is 5.56 Å². The van der Waals surface area contributed by atoms with Crippen LogP contribution in [0.4, 0.5) is 13.2 Å². The van der Waals surface area contributed by atoms with Crippen molar-refractivity contribution in [1.29, 1.82) is 0 Å². The fraction of sp³-hybridized carbons (Fsp3) is 0.500. The number of benzene rings is 1.